The molecule has 0 atom stereocenters. The van der Waals surface area contributed by atoms with Crippen molar-refractivity contribution in [2.24, 2.45) is 0 Å². The Bertz CT molecular complexity index is 559. The highest BCUT2D eigenvalue weighted by Gasteiger charge is 2.21. The molecule has 5 heteroatoms. The average Bonchev–Trinajstić information content (AvgIpc) is 2.64. The van der Waals surface area contributed by atoms with Crippen molar-refractivity contribution >= 4 is 32.9 Å². The Hall–Kier alpha value is -1.49. The molecule has 0 saturated heterocycles. The molecule has 0 aliphatic carbocycles. The van der Waals surface area contributed by atoms with E-state index >= 15 is 0 Å². The van der Waals surface area contributed by atoms with Crippen molar-refractivity contribution < 1.29 is 19.1 Å². The lowest BCUT2D eigenvalue weighted by Crippen LogP contribution is -2.01. The van der Waals surface area contributed by atoms with Gasteiger partial charge in [-0.15, -0.1) is 0 Å². The van der Waals surface area contributed by atoms with Crippen LogP contribution in [0.4, 0.5) is 0 Å². The number of rotatable bonds is 4. The lowest BCUT2D eigenvalue weighted by molar-refractivity contribution is 0.0658. The largest absolute Gasteiger partial charge is 0.489 e. The topological polar surface area (TPSA) is 59.7 Å². The highest BCUT2D eigenvalue weighted by Crippen LogP contribution is 2.35. The number of carboxylic acids is 1. The minimum absolute atomic E-state index is 0.147. The zero-order valence-electron chi connectivity index (χ0n) is 9.20. The van der Waals surface area contributed by atoms with E-state index in [4.69, 9.17) is 14.3 Å². The zero-order valence-corrected chi connectivity index (χ0v) is 10.8. The molecule has 17 heavy (non-hydrogen) atoms. The van der Waals surface area contributed by atoms with Gasteiger partial charge < -0.3 is 14.3 Å². The first-order valence-corrected chi connectivity index (χ1v) is 6.01. The van der Waals surface area contributed by atoms with Crippen LogP contribution in [-0.2, 0) is 0 Å². The van der Waals surface area contributed by atoms with Crippen molar-refractivity contribution in [3.8, 4) is 5.75 Å². The van der Waals surface area contributed by atoms with Crippen LogP contribution in [-0.4, -0.2) is 17.7 Å². The summed E-state index contributed by atoms with van der Waals surface area (Å²) in [5.74, 6) is -0.967. The van der Waals surface area contributed by atoms with Crippen LogP contribution < -0.4 is 4.74 Å². The molecule has 0 aliphatic rings. The molecule has 0 aliphatic heterocycles. The van der Waals surface area contributed by atoms with Crippen LogP contribution in [0.5, 0.6) is 5.75 Å². The molecular weight excluding hydrogens is 288 g/mol. The van der Waals surface area contributed by atoms with Gasteiger partial charge in [0.1, 0.15) is 5.58 Å². The first-order valence-electron chi connectivity index (χ1n) is 5.21. The first kappa shape index (κ1) is 12.0. The summed E-state index contributed by atoms with van der Waals surface area (Å²) in [6, 6.07) is 5.29. The van der Waals surface area contributed by atoms with Crippen LogP contribution in [0, 0.1) is 0 Å². The highest BCUT2D eigenvalue weighted by molar-refractivity contribution is 9.10. The summed E-state index contributed by atoms with van der Waals surface area (Å²) >= 11 is 3.34. The van der Waals surface area contributed by atoms with Gasteiger partial charge in [0, 0.05) is 4.47 Å². The molecule has 0 spiro atoms. The molecule has 2 aromatic rings. The molecule has 4 nitrogen and oxygen atoms in total. The van der Waals surface area contributed by atoms with Gasteiger partial charge in [-0.3, -0.25) is 0 Å². The minimum atomic E-state index is -1.12. The predicted molar refractivity (Wildman–Crippen MR) is 66.7 cm³/mol. The fourth-order valence-corrected chi connectivity index (χ4v) is 1.90. The molecule has 0 bridgehead atoms. The van der Waals surface area contributed by atoms with Gasteiger partial charge in [-0.2, -0.15) is 0 Å². The van der Waals surface area contributed by atoms with E-state index in [9.17, 15) is 4.79 Å². The Morgan fingerprint density at radius 1 is 1.53 bits per heavy atom. The molecule has 0 unspecified atom stereocenters. The van der Waals surface area contributed by atoms with Gasteiger partial charge in [0.15, 0.2) is 5.75 Å². The fourth-order valence-electron chi connectivity index (χ4n) is 1.54. The normalized spacial score (nSPS) is 10.7. The summed E-state index contributed by atoms with van der Waals surface area (Å²) in [5.41, 5.74) is 0.511. The van der Waals surface area contributed by atoms with Crippen LogP contribution in [0.2, 0.25) is 0 Å². The summed E-state index contributed by atoms with van der Waals surface area (Å²) in [4.78, 5) is 11.1. The van der Waals surface area contributed by atoms with Crippen molar-refractivity contribution in [2.45, 2.75) is 13.3 Å². The summed E-state index contributed by atoms with van der Waals surface area (Å²) < 4.78 is 11.6. The number of furan rings is 1. The lowest BCUT2D eigenvalue weighted by Gasteiger charge is -2.02. The van der Waals surface area contributed by atoms with Crippen molar-refractivity contribution in [2.75, 3.05) is 6.61 Å². The number of benzene rings is 1. The Morgan fingerprint density at radius 2 is 2.29 bits per heavy atom. The highest BCUT2D eigenvalue weighted by atomic mass is 79.9. The van der Waals surface area contributed by atoms with E-state index in [-0.39, 0.29) is 5.76 Å². The number of halogens is 1. The standard InChI is InChI=1S/C12H11BrO4/c1-2-5-16-10-8-6-7(13)3-4-9(8)17-11(10)12(14)15/h3-4,6H,2,5H2,1H3,(H,14,15). The summed E-state index contributed by atoms with van der Waals surface area (Å²) in [6.07, 6.45) is 0.805. The number of carboxylic acid groups (broad SMARTS) is 1. The second kappa shape index (κ2) is 4.79. The molecule has 0 fully saturated rings. The van der Waals surface area contributed by atoms with Gasteiger partial charge in [-0.25, -0.2) is 4.79 Å². The van der Waals surface area contributed by atoms with Gasteiger partial charge in [0.25, 0.3) is 5.76 Å². The monoisotopic (exact) mass is 298 g/mol. The van der Waals surface area contributed by atoms with Crippen molar-refractivity contribution in [1.29, 1.82) is 0 Å². The SMILES string of the molecule is CCCOc1c(C(=O)O)oc2ccc(Br)cc12. The number of hydrogen-bond acceptors (Lipinski definition) is 3. The second-order valence-corrected chi connectivity index (χ2v) is 4.47. The van der Waals surface area contributed by atoms with E-state index in [1.165, 1.54) is 0 Å². The van der Waals surface area contributed by atoms with Crippen LogP contribution in [0.15, 0.2) is 27.1 Å². The van der Waals surface area contributed by atoms with Crippen LogP contribution >= 0.6 is 15.9 Å². The average molecular weight is 299 g/mol. The maximum Gasteiger partial charge on any atom is 0.375 e. The smallest absolute Gasteiger partial charge is 0.375 e. The molecule has 1 aromatic heterocycles. The van der Waals surface area contributed by atoms with Gasteiger partial charge in [-0.05, 0) is 24.6 Å². The number of fused-ring (bicyclic) bond motifs is 1. The third kappa shape index (κ3) is 2.29. The molecule has 90 valence electrons. The van der Waals surface area contributed by atoms with Crippen molar-refractivity contribution in [3.05, 3.63) is 28.4 Å². The molecule has 1 heterocycles. The van der Waals surface area contributed by atoms with E-state index in [1.807, 2.05) is 6.92 Å². The molecule has 1 N–H and O–H groups in total. The molecule has 0 radical (unpaired) electrons. The van der Waals surface area contributed by atoms with E-state index in [0.29, 0.717) is 23.3 Å². The molecule has 2 rings (SSSR count). The van der Waals surface area contributed by atoms with Crippen LogP contribution in [0.1, 0.15) is 23.9 Å². The van der Waals surface area contributed by atoms with Gasteiger partial charge in [0.2, 0.25) is 0 Å². The Balaban J connectivity index is 2.60. The summed E-state index contributed by atoms with van der Waals surface area (Å²) in [5, 5.41) is 9.72. The van der Waals surface area contributed by atoms with Crippen molar-refractivity contribution in [3.63, 3.8) is 0 Å². The molecule has 0 saturated carbocycles. The van der Waals surface area contributed by atoms with E-state index in [1.54, 1.807) is 18.2 Å². The fraction of sp³-hybridized carbons (Fsp3) is 0.250. The van der Waals surface area contributed by atoms with Gasteiger partial charge in [-0.1, -0.05) is 22.9 Å². The van der Waals surface area contributed by atoms with Crippen LogP contribution in [0.25, 0.3) is 11.0 Å². The predicted octanol–water partition coefficient (Wildman–Crippen LogP) is 3.68. The van der Waals surface area contributed by atoms with Gasteiger partial charge in [0.05, 0.1) is 12.0 Å². The van der Waals surface area contributed by atoms with Crippen molar-refractivity contribution in [1.82, 2.24) is 0 Å². The summed E-state index contributed by atoms with van der Waals surface area (Å²) in [7, 11) is 0. The Labute approximate surface area is 106 Å². The van der Waals surface area contributed by atoms with E-state index in [2.05, 4.69) is 15.9 Å². The third-order valence-corrected chi connectivity index (χ3v) is 2.74. The molecular formula is C12H11BrO4. The molecule has 0 amide bonds. The number of hydrogen-bond donors (Lipinski definition) is 1. The number of aromatic carboxylic acids is 1. The number of ether oxygens (including phenoxy) is 1. The Kier molecular flexibility index (Phi) is 3.38. The first-order chi connectivity index (χ1) is 8.13. The van der Waals surface area contributed by atoms with Gasteiger partial charge >= 0.3 is 5.97 Å². The second-order valence-electron chi connectivity index (χ2n) is 3.55. The molecule has 1 aromatic carbocycles. The zero-order chi connectivity index (χ0) is 12.4. The Morgan fingerprint density at radius 3 is 2.94 bits per heavy atom. The van der Waals surface area contributed by atoms with E-state index < -0.39 is 5.97 Å². The summed E-state index contributed by atoms with van der Waals surface area (Å²) in [6.45, 7) is 2.42. The van der Waals surface area contributed by atoms with E-state index in [0.717, 1.165) is 10.9 Å². The maximum atomic E-state index is 11.1. The third-order valence-electron chi connectivity index (χ3n) is 2.25. The number of carbonyl (C=O) groups is 1. The maximum absolute atomic E-state index is 11.1. The van der Waals surface area contributed by atoms with Crippen LogP contribution in [0.3, 0.4) is 0 Å². The quantitative estimate of drug-likeness (QED) is 0.935. The lowest BCUT2D eigenvalue weighted by atomic mass is 10.2. The minimum Gasteiger partial charge on any atom is -0.489 e.